The molecule has 0 saturated heterocycles. The molecule has 0 amide bonds. The predicted molar refractivity (Wildman–Crippen MR) is 82.7 cm³/mol. The fraction of sp³-hybridized carbons (Fsp3) is 0.417. The van der Waals surface area contributed by atoms with Crippen LogP contribution in [0.5, 0.6) is 0 Å². The monoisotopic (exact) mass is 331 g/mol. The van der Waals surface area contributed by atoms with Crippen molar-refractivity contribution in [1.82, 2.24) is 15.0 Å². The summed E-state index contributed by atoms with van der Waals surface area (Å²) in [6.45, 7) is 4.77. The summed E-state index contributed by atoms with van der Waals surface area (Å²) in [5.74, 6) is 0. The van der Waals surface area contributed by atoms with Gasteiger partial charge in [0.25, 0.3) is 0 Å². The summed E-state index contributed by atoms with van der Waals surface area (Å²) in [5.41, 5.74) is 3.59. The van der Waals surface area contributed by atoms with Gasteiger partial charge in [0.2, 0.25) is 10.0 Å². The topological polar surface area (TPSA) is 71.1 Å². The lowest BCUT2D eigenvalue weighted by molar-refractivity contribution is 0.583. The van der Waals surface area contributed by atoms with Crippen LogP contribution >= 0.6 is 22.7 Å². The molecule has 8 heteroatoms. The van der Waals surface area contributed by atoms with Gasteiger partial charge in [0.15, 0.2) is 0 Å². The van der Waals surface area contributed by atoms with E-state index in [1.165, 1.54) is 22.7 Å². The number of hydrogen-bond donors (Lipinski definition) is 2. The number of sulfonamides is 1. The normalized spacial score (nSPS) is 11.9. The summed E-state index contributed by atoms with van der Waals surface area (Å²) in [4.78, 5) is 6.10. The van der Waals surface area contributed by atoms with E-state index in [2.05, 4.69) is 15.0 Å². The third-order valence-electron chi connectivity index (χ3n) is 2.87. The van der Waals surface area contributed by atoms with E-state index < -0.39 is 10.0 Å². The van der Waals surface area contributed by atoms with Crippen LogP contribution in [0.3, 0.4) is 0 Å². The Kier molecular flexibility index (Phi) is 4.92. The molecule has 5 nitrogen and oxygen atoms in total. The van der Waals surface area contributed by atoms with E-state index in [4.69, 9.17) is 0 Å². The summed E-state index contributed by atoms with van der Waals surface area (Å²) >= 11 is 2.76. The minimum atomic E-state index is -3.45. The van der Waals surface area contributed by atoms with Gasteiger partial charge in [-0.3, -0.25) is 0 Å². The van der Waals surface area contributed by atoms with Gasteiger partial charge < -0.3 is 5.32 Å². The molecule has 0 aliphatic carbocycles. The number of rotatable bonds is 6. The van der Waals surface area contributed by atoms with Crippen molar-refractivity contribution in [2.24, 2.45) is 0 Å². The molecule has 0 fully saturated rings. The molecule has 2 aromatic heterocycles. The van der Waals surface area contributed by atoms with Crippen LogP contribution in [-0.4, -0.2) is 20.4 Å². The third-order valence-corrected chi connectivity index (χ3v) is 6.91. The Bertz CT molecular complexity index is 689. The average Bonchev–Trinajstić information content (AvgIpc) is 2.95. The van der Waals surface area contributed by atoms with Crippen LogP contribution in [0.1, 0.15) is 21.0 Å². The number of hydrogen-bond acceptors (Lipinski definition) is 6. The summed E-state index contributed by atoms with van der Waals surface area (Å²) in [6, 6.07) is 1.72. The molecule has 110 valence electrons. The molecule has 0 atom stereocenters. The van der Waals surface area contributed by atoms with E-state index in [9.17, 15) is 8.42 Å². The molecule has 0 saturated carbocycles. The number of nitrogens with zero attached hydrogens (tertiary/aromatic N) is 1. The molecule has 2 heterocycles. The maximum Gasteiger partial charge on any atom is 0.250 e. The van der Waals surface area contributed by atoms with Gasteiger partial charge in [-0.15, -0.1) is 22.7 Å². The number of aromatic nitrogens is 1. The minimum Gasteiger partial charge on any atom is -0.315 e. The van der Waals surface area contributed by atoms with Gasteiger partial charge in [0.05, 0.1) is 11.2 Å². The molecule has 2 N–H and O–H groups in total. The molecule has 0 aliphatic rings. The standard InChI is InChI=1S/C12H17N3O2S3/c1-8-4-12(19-10(8)5-13-3)20(16,17)15-6-11-9(2)14-7-18-11/h4,7,13,15H,5-6H2,1-3H3. The average molecular weight is 331 g/mol. The quantitative estimate of drug-likeness (QED) is 0.849. The first-order chi connectivity index (χ1) is 9.44. The minimum absolute atomic E-state index is 0.289. The first kappa shape index (κ1) is 15.6. The number of aryl methyl sites for hydroxylation is 2. The summed E-state index contributed by atoms with van der Waals surface area (Å²) in [6.07, 6.45) is 0. The van der Waals surface area contributed by atoms with Gasteiger partial charge in [0, 0.05) is 22.8 Å². The largest absolute Gasteiger partial charge is 0.315 e. The van der Waals surface area contributed by atoms with Crippen LogP contribution in [0.25, 0.3) is 0 Å². The first-order valence-corrected chi connectivity index (χ1v) is 9.24. The molecule has 0 radical (unpaired) electrons. The predicted octanol–water partition coefficient (Wildman–Crippen LogP) is 2.02. The molecule has 0 spiro atoms. The second kappa shape index (κ2) is 6.31. The zero-order chi connectivity index (χ0) is 14.8. The van der Waals surface area contributed by atoms with Gasteiger partial charge >= 0.3 is 0 Å². The molecular weight excluding hydrogens is 314 g/mol. The van der Waals surface area contributed by atoms with Crippen molar-refractivity contribution in [3.63, 3.8) is 0 Å². The fourth-order valence-corrected chi connectivity index (χ4v) is 5.13. The lowest BCUT2D eigenvalue weighted by Crippen LogP contribution is -2.22. The highest BCUT2D eigenvalue weighted by Gasteiger charge is 2.19. The van der Waals surface area contributed by atoms with Crippen molar-refractivity contribution in [2.45, 2.75) is 31.1 Å². The van der Waals surface area contributed by atoms with Crippen molar-refractivity contribution < 1.29 is 8.42 Å². The van der Waals surface area contributed by atoms with E-state index in [0.717, 1.165) is 21.0 Å². The molecule has 0 unspecified atom stereocenters. The highest BCUT2D eigenvalue weighted by atomic mass is 32.2. The maximum atomic E-state index is 12.3. The molecule has 2 rings (SSSR count). The molecule has 20 heavy (non-hydrogen) atoms. The Balaban J connectivity index is 2.14. The third kappa shape index (κ3) is 3.44. The van der Waals surface area contributed by atoms with Crippen LogP contribution < -0.4 is 10.0 Å². The summed E-state index contributed by atoms with van der Waals surface area (Å²) < 4.78 is 27.5. The van der Waals surface area contributed by atoms with Crippen LogP contribution in [0.15, 0.2) is 15.8 Å². The second-order valence-electron chi connectivity index (χ2n) is 4.39. The van der Waals surface area contributed by atoms with Gasteiger partial charge in [-0.2, -0.15) is 0 Å². The number of nitrogens with one attached hydrogen (secondary N) is 2. The zero-order valence-electron chi connectivity index (χ0n) is 11.6. The first-order valence-electron chi connectivity index (χ1n) is 6.06. The fourth-order valence-electron chi connectivity index (χ4n) is 1.68. The SMILES string of the molecule is CNCc1sc(S(=O)(=O)NCc2scnc2C)cc1C. The summed E-state index contributed by atoms with van der Waals surface area (Å²) in [5, 5.41) is 3.04. The Labute approximate surface area is 127 Å². The molecule has 0 bridgehead atoms. The van der Waals surface area contributed by atoms with Gasteiger partial charge in [-0.25, -0.2) is 18.1 Å². The Hall–Kier alpha value is -0.800. The van der Waals surface area contributed by atoms with Crippen LogP contribution in [0.4, 0.5) is 0 Å². The lowest BCUT2D eigenvalue weighted by atomic mass is 10.3. The smallest absolute Gasteiger partial charge is 0.250 e. The van der Waals surface area contributed by atoms with Crippen molar-refractivity contribution in [2.75, 3.05) is 7.05 Å². The second-order valence-corrected chi connectivity index (χ2v) is 8.46. The Morgan fingerprint density at radius 2 is 2.00 bits per heavy atom. The lowest BCUT2D eigenvalue weighted by Gasteiger charge is -2.03. The van der Waals surface area contributed by atoms with Crippen molar-refractivity contribution >= 4 is 32.7 Å². The van der Waals surface area contributed by atoms with Crippen molar-refractivity contribution in [3.05, 3.63) is 32.6 Å². The van der Waals surface area contributed by atoms with Crippen LogP contribution in [0.2, 0.25) is 0 Å². The Morgan fingerprint density at radius 1 is 1.25 bits per heavy atom. The molecular formula is C12H17N3O2S3. The van der Waals surface area contributed by atoms with E-state index >= 15 is 0 Å². The van der Waals surface area contributed by atoms with Crippen molar-refractivity contribution in [3.8, 4) is 0 Å². The molecule has 0 aliphatic heterocycles. The van der Waals surface area contributed by atoms with Gasteiger partial charge in [-0.1, -0.05) is 0 Å². The molecule has 0 aromatic carbocycles. The van der Waals surface area contributed by atoms with Crippen LogP contribution in [-0.2, 0) is 23.1 Å². The maximum absolute atomic E-state index is 12.3. The van der Waals surface area contributed by atoms with Gasteiger partial charge in [-0.05, 0) is 32.5 Å². The zero-order valence-corrected chi connectivity index (χ0v) is 14.0. The highest BCUT2D eigenvalue weighted by Crippen LogP contribution is 2.26. The highest BCUT2D eigenvalue weighted by molar-refractivity contribution is 7.91. The van der Waals surface area contributed by atoms with E-state index in [0.29, 0.717) is 10.8 Å². The number of thiophene rings is 1. The van der Waals surface area contributed by atoms with E-state index in [1.807, 2.05) is 20.9 Å². The van der Waals surface area contributed by atoms with Gasteiger partial charge in [0.1, 0.15) is 4.21 Å². The molecule has 2 aromatic rings. The van der Waals surface area contributed by atoms with Crippen LogP contribution in [0, 0.1) is 13.8 Å². The van der Waals surface area contributed by atoms with E-state index in [1.54, 1.807) is 11.6 Å². The van der Waals surface area contributed by atoms with Crippen molar-refractivity contribution in [1.29, 1.82) is 0 Å². The Morgan fingerprint density at radius 3 is 2.60 bits per heavy atom. The summed E-state index contributed by atoms with van der Waals surface area (Å²) in [7, 11) is -1.61. The number of thiazole rings is 1. The van der Waals surface area contributed by atoms with E-state index in [-0.39, 0.29) is 6.54 Å².